The van der Waals surface area contributed by atoms with Gasteiger partial charge < -0.3 is 14.5 Å². The van der Waals surface area contributed by atoms with Crippen molar-refractivity contribution in [3.8, 4) is 5.75 Å². The van der Waals surface area contributed by atoms with Gasteiger partial charge in [0.1, 0.15) is 24.0 Å². The number of ether oxygens (including phenoxy) is 1. The van der Waals surface area contributed by atoms with Crippen LogP contribution in [0.4, 0.5) is 10.2 Å². The Morgan fingerprint density at radius 2 is 1.94 bits per heavy atom. The third-order valence-corrected chi connectivity index (χ3v) is 5.88. The Morgan fingerprint density at radius 1 is 1.12 bits per heavy atom. The number of rotatable bonds is 8. The molecule has 1 aliphatic heterocycles. The first-order valence-corrected chi connectivity index (χ1v) is 10.9. The molecule has 166 valence electrons. The van der Waals surface area contributed by atoms with Gasteiger partial charge in [-0.15, -0.1) is 0 Å². The third kappa shape index (κ3) is 5.32. The van der Waals surface area contributed by atoms with Crippen LogP contribution in [0.3, 0.4) is 0 Å². The van der Waals surface area contributed by atoms with Crippen molar-refractivity contribution in [3.05, 3.63) is 89.4 Å². The molecule has 2 heterocycles. The van der Waals surface area contributed by atoms with E-state index in [9.17, 15) is 9.18 Å². The lowest BCUT2D eigenvalue weighted by molar-refractivity contribution is 0.0989. The van der Waals surface area contributed by atoms with Crippen molar-refractivity contribution >= 4 is 11.6 Å². The van der Waals surface area contributed by atoms with E-state index in [4.69, 9.17) is 4.74 Å². The summed E-state index contributed by atoms with van der Waals surface area (Å²) in [6.45, 7) is 2.26. The molecule has 1 aromatic heterocycles. The summed E-state index contributed by atoms with van der Waals surface area (Å²) in [5.74, 6) is 0.463. The van der Waals surface area contributed by atoms with Gasteiger partial charge in [0, 0.05) is 37.8 Å². The summed E-state index contributed by atoms with van der Waals surface area (Å²) in [7, 11) is 4.19. The van der Waals surface area contributed by atoms with E-state index < -0.39 is 5.82 Å². The van der Waals surface area contributed by atoms with Crippen LogP contribution < -0.4 is 9.64 Å². The number of Topliss-reactive ketones (excluding diaryl/α,β-unsaturated/α-hetero) is 1. The van der Waals surface area contributed by atoms with Gasteiger partial charge in [-0.3, -0.25) is 4.79 Å². The molecule has 3 aromatic rings. The lowest BCUT2D eigenvalue weighted by atomic mass is 10.0. The van der Waals surface area contributed by atoms with Gasteiger partial charge in [-0.05, 0) is 49.8 Å². The highest BCUT2D eigenvalue weighted by Crippen LogP contribution is 2.22. The van der Waals surface area contributed by atoms with Gasteiger partial charge in [0.15, 0.2) is 5.78 Å². The average Bonchev–Trinajstić information content (AvgIpc) is 3.30. The average molecular weight is 434 g/mol. The summed E-state index contributed by atoms with van der Waals surface area (Å²) < 4.78 is 20.2. The van der Waals surface area contributed by atoms with Crippen LogP contribution in [0.25, 0.3) is 0 Å². The lowest BCUT2D eigenvalue weighted by Crippen LogP contribution is -2.31. The third-order valence-electron chi connectivity index (χ3n) is 5.88. The molecule has 32 heavy (non-hydrogen) atoms. The molecular weight excluding hydrogens is 405 g/mol. The molecule has 5 nitrogen and oxygen atoms in total. The highest BCUT2D eigenvalue weighted by atomic mass is 19.1. The van der Waals surface area contributed by atoms with Crippen LogP contribution in [-0.2, 0) is 13.0 Å². The number of carbonyl (C=O) groups is 1. The van der Waals surface area contributed by atoms with Crippen LogP contribution in [0.15, 0.2) is 66.9 Å². The van der Waals surface area contributed by atoms with Gasteiger partial charge >= 0.3 is 0 Å². The van der Waals surface area contributed by atoms with E-state index in [0.717, 1.165) is 36.5 Å². The minimum absolute atomic E-state index is 0.0644. The molecule has 0 saturated carbocycles. The number of hydrogen-bond donors (Lipinski definition) is 0. The first-order chi connectivity index (χ1) is 15.5. The van der Waals surface area contributed by atoms with Crippen LogP contribution in [0, 0.1) is 5.82 Å². The highest BCUT2D eigenvalue weighted by molar-refractivity contribution is 5.97. The van der Waals surface area contributed by atoms with Crippen LogP contribution in [0.1, 0.15) is 27.9 Å². The predicted octanol–water partition coefficient (Wildman–Crippen LogP) is 4.37. The van der Waals surface area contributed by atoms with E-state index >= 15 is 0 Å². The zero-order valence-corrected chi connectivity index (χ0v) is 18.5. The molecular formula is C26H28FN3O2. The number of anilines is 1. The van der Waals surface area contributed by atoms with Gasteiger partial charge in [0.25, 0.3) is 0 Å². The molecule has 1 unspecified atom stereocenters. The fourth-order valence-corrected chi connectivity index (χ4v) is 3.91. The van der Waals surface area contributed by atoms with Crippen molar-refractivity contribution in [2.24, 2.45) is 0 Å². The number of aromatic nitrogens is 1. The van der Waals surface area contributed by atoms with E-state index in [1.165, 1.54) is 12.1 Å². The minimum Gasteiger partial charge on any atom is -0.489 e. The summed E-state index contributed by atoms with van der Waals surface area (Å²) >= 11 is 0. The quantitative estimate of drug-likeness (QED) is 0.494. The maximum Gasteiger partial charge on any atom is 0.170 e. The maximum atomic E-state index is 14.6. The van der Waals surface area contributed by atoms with Crippen LogP contribution >= 0.6 is 0 Å². The molecule has 0 radical (unpaired) electrons. The standard InChI is InChI=1S/C26H28FN3O2/c1-29(2)21-12-13-30(17-21)26-11-8-20(16-28-26)14-25(31)23-10-9-22(15-24(23)27)32-18-19-6-4-3-5-7-19/h3-11,15-16,21H,12-14,17-18H2,1-2H3. The summed E-state index contributed by atoms with van der Waals surface area (Å²) in [4.78, 5) is 21.7. The van der Waals surface area contributed by atoms with E-state index in [2.05, 4.69) is 28.9 Å². The SMILES string of the molecule is CN(C)C1CCN(c2ccc(CC(=O)c3ccc(OCc4ccccc4)cc3F)cn2)C1. The summed E-state index contributed by atoms with van der Waals surface area (Å²) in [5.41, 5.74) is 1.83. The van der Waals surface area contributed by atoms with Crippen molar-refractivity contribution in [1.82, 2.24) is 9.88 Å². The Kier molecular flexibility index (Phi) is 6.81. The normalized spacial score (nSPS) is 15.9. The van der Waals surface area contributed by atoms with Crippen molar-refractivity contribution in [1.29, 1.82) is 0 Å². The number of pyridine rings is 1. The predicted molar refractivity (Wildman–Crippen MR) is 124 cm³/mol. The van der Waals surface area contributed by atoms with E-state index in [-0.39, 0.29) is 17.8 Å². The number of hydrogen-bond acceptors (Lipinski definition) is 5. The van der Waals surface area contributed by atoms with Crippen molar-refractivity contribution in [3.63, 3.8) is 0 Å². The van der Waals surface area contributed by atoms with Gasteiger partial charge in [0.2, 0.25) is 0 Å². The molecule has 0 N–H and O–H groups in total. The Labute approximate surface area is 188 Å². The molecule has 0 aliphatic carbocycles. The Bertz CT molecular complexity index is 1050. The van der Waals surface area contributed by atoms with E-state index in [0.29, 0.717) is 18.4 Å². The smallest absolute Gasteiger partial charge is 0.170 e. The minimum atomic E-state index is -0.572. The number of halogens is 1. The lowest BCUT2D eigenvalue weighted by Gasteiger charge is -2.21. The molecule has 1 atom stereocenters. The molecule has 1 saturated heterocycles. The molecule has 0 amide bonds. The van der Waals surface area contributed by atoms with Crippen molar-refractivity contribution in [2.75, 3.05) is 32.1 Å². The Balaban J connectivity index is 1.35. The second-order valence-electron chi connectivity index (χ2n) is 8.39. The number of ketones is 1. The zero-order chi connectivity index (χ0) is 22.5. The topological polar surface area (TPSA) is 45.7 Å². The molecule has 0 bridgehead atoms. The second-order valence-corrected chi connectivity index (χ2v) is 8.39. The fourth-order valence-electron chi connectivity index (χ4n) is 3.91. The van der Waals surface area contributed by atoms with Crippen LogP contribution in [0.5, 0.6) is 5.75 Å². The summed E-state index contributed by atoms with van der Waals surface area (Å²) in [6, 6.07) is 18.4. The molecule has 1 fully saturated rings. The van der Waals surface area contributed by atoms with Gasteiger partial charge in [0.05, 0.1) is 5.56 Å². The van der Waals surface area contributed by atoms with Crippen molar-refractivity contribution in [2.45, 2.75) is 25.5 Å². The number of nitrogens with zero attached hydrogens (tertiary/aromatic N) is 3. The highest BCUT2D eigenvalue weighted by Gasteiger charge is 2.24. The molecule has 1 aliphatic rings. The molecule has 0 spiro atoms. The van der Waals surface area contributed by atoms with Crippen LogP contribution in [0.2, 0.25) is 0 Å². The van der Waals surface area contributed by atoms with E-state index in [1.807, 2.05) is 42.5 Å². The van der Waals surface area contributed by atoms with Gasteiger partial charge in [-0.2, -0.15) is 0 Å². The monoisotopic (exact) mass is 433 g/mol. The molecule has 6 heteroatoms. The zero-order valence-electron chi connectivity index (χ0n) is 18.5. The molecule has 4 rings (SSSR count). The Morgan fingerprint density at radius 3 is 2.59 bits per heavy atom. The fraction of sp³-hybridized carbons (Fsp3) is 0.308. The first kappa shape index (κ1) is 22.0. The number of benzene rings is 2. The second kappa shape index (κ2) is 9.92. The molecule has 2 aromatic carbocycles. The first-order valence-electron chi connectivity index (χ1n) is 10.9. The van der Waals surface area contributed by atoms with Gasteiger partial charge in [-0.25, -0.2) is 9.37 Å². The number of carbonyl (C=O) groups excluding carboxylic acids is 1. The maximum absolute atomic E-state index is 14.6. The van der Waals surface area contributed by atoms with E-state index in [1.54, 1.807) is 12.3 Å². The Hall–Kier alpha value is -3.25. The largest absolute Gasteiger partial charge is 0.489 e. The summed E-state index contributed by atoms with van der Waals surface area (Å²) in [6.07, 6.45) is 2.93. The van der Waals surface area contributed by atoms with Crippen molar-refractivity contribution < 1.29 is 13.9 Å². The number of likely N-dealkylation sites (N-methyl/N-ethyl adjacent to an activating group) is 1. The van der Waals surface area contributed by atoms with Crippen LogP contribution in [-0.4, -0.2) is 48.9 Å². The summed E-state index contributed by atoms with van der Waals surface area (Å²) in [5, 5.41) is 0. The van der Waals surface area contributed by atoms with Gasteiger partial charge in [-0.1, -0.05) is 36.4 Å².